The van der Waals surface area contributed by atoms with Gasteiger partial charge in [-0.1, -0.05) is 0 Å². The number of aromatic carboxylic acids is 1. The van der Waals surface area contributed by atoms with Gasteiger partial charge in [-0.05, 0) is 24.6 Å². The second-order valence-corrected chi connectivity index (χ2v) is 4.64. The van der Waals surface area contributed by atoms with Crippen LogP contribution in [0.25, 0.3) is 0 Å². The van der Waals surface area contributed by atoms with Gasteiger partial charge in [0.15, 0.2) is 0 Å². The molecule has 1 fully saturated rings. The molecule has 0 aromatic heterocycles. The molecule has 8 heteroatoms. The number of nitrogens with one attached hydrogen (secondary N) is 3. The number of hydrogen-bond donors (Lipinski definition) is 4. The van der Waals surface area contributed by atoms with Gasteiger partial charge in [-0.2, -0.15) is 0 Å². The molecule has 1 unspecified atom stereocenters. The molecule has 1 aliphatic rings. The minimum Gasteiger partial charge on any atom is -0.478 e. The van der Waals surface area contributed by atoms with Crippen LogP contribution < -0.4 is 16.0 Å². The van der Waals surface area contributed by atoms with E-state index < -0.39 is 17.8 Å². The van der Waals surface area contributed by atoms with Gasteiger partial charge in [0.2, 0.25) is 5.91 Å². The second-order valence-electron chi connectivity index (χ2n) is 4.64. The zero-order valence-corrected chi connectivity index (χ0v) is 11.0. The predicted molar refractivity (Wildman–Crippen MR) is 71.5 cm³/mol. The van der Waals surface area contributed by atoms with Crippen LogP contribution in [0.3, 0.4) is 0 Å². The average molecular weight is 295 g/mol. The molecule has 0 bridgehead atoms. The van der Waals surface area contributed by atoms with Crippen molar-refractivity contribution in [3.8, 4) is 0 Å². The van der Waals surface area contributed by atoms with E-state index in [2.05, 4.69) is 16.0 Å². The molecule has 7 nitrogen and oxygen atoms in total. The molecule has 0 aliphatic carbocycles. The summed E-state index contributed by atoms with van der Waals surface area (Å²) in [5, 5.41) is 16.2. The Labute approximate surface area is 119 Å². The van der Waals surface area contributed by atoms with E-state index in [1.165, 1.54) is 0 Å². The maximum absolute atomic E-state index is 13.5. The monoisotopic (exact) mass is 295 g/mol. The summed E-state index contributed by atoms with van der Waals surface area (Å²) in [7, 11) is 0. The summed E-state index contributed by atoms with van der Waals surface area (Å²) in [6.45, 7) is 0.220. The summed E-state index contributed by atoms with van der Waals surface area (Å²) >= 11 is 0. The second kappa shape index (κ2) is 6.21. The fourth-order valence-corrected chi connectivity index (χ4v) is 1.97. The fourth-order valence-electron chi connectivity index (χ4n) is 1.97. The van der Waals surface area contributed by atoms with Crippen LogP contribution in [0.1, 0.15) is 23.2 Å². The van der Waals surface area contributed by atoms with Crippen molar-refractivity contribution in [2.75, 3.05) is 11.9 Å². The van der Waals surface area contributed by atoms with Crippen molar-refractivity contribution in [1.29, 1.82) is 0 Å². The summed E-state index contributed by atoms with van der Waals surface area (Å²) in [5.74, 6) is -2.01. The van der Waals surface area contributed by atoms with Crippen LogP contribution >= 0.6 is 0 Å². The molecule has 0 radical (unpaired) electrons. The summed E-state index contributed by atoms with van der Waals surface area (Å²) in [6.07, 6.45) is 1.05. The molecular weight excluding hydrogens is 281 g/mol. The van der Waals surface area contributed by atoms with Crippen molar-refractivity contribution >= 4 is 23.6 Å². The Morgan fingerprint density at radius 3 is 2.81 bits per heavy atom. The number of urea groups is 1. The molecule has 21 heavy (non-hydrogen) atoms. The Kier molecular flexibility index (Phi) is 4.36. The first kappa shape index (κ1) is 14.8. The number of rotatable bonds is 4. The highest BCUT2D eigenvalue weighted by molar-refractivity contribution is 5.93. The van der Waals surface area contributed by atoms with Crippen molar-refractivity contribution in [3.05, 3.63) is 29.6 Å². The third-order valence-corrected chi connectivity index (χ3v) is 3.06. The first-order valence-corrected chi connectivity index (χ1v) is 6.33. The topological polar surface area (TPSA) is 108 Å². The smallest absolute Gasteiger partial charge is 0.335 e. The molecule has 112 valence electrons. The summed E-state index contributed by atoms with van der Waals surface area (Å²) in [6, 6.07) is 2.30. The minimum absolute atomic E-state index is 0.0672. The lowest BCUT2D eigenvalue weighted by molar-refractivity contribution is -0.119. The minimum atomic E-state index is -1.22. The molecule has 2 rings (SSSR count). The first-order valence-electron chi connectivity index (χ1n) is 6.33. The Morgan fingerprint density at radius 2 is 2.19 bits per heavy atom. The summed E-state index contributed by atoms with van der Waals surface area (Å²) < 4.78 is 13.5. The number of halogens is 1. The number of carboxylic acid groups (broad SMARTS) is 1. The van der Waals surface area contributed by atoms with Crippen molar-refractivity contribution < 1.29 is 23.9 Å². The highest BCUT2D eigenvalue weighted by atomic mass is 19.1. The normalized spacial score (nSPS) is 17.2. The molecular formula is C13H14FN3O4. The quantitative estimate of drug-likeness (QED) is 0.662. The molecule has 1 atom stereocenters. The van der Waals surface area contributed by atoms with Crippen LogP contribution in [0.5, 0.6) is 0 Å². The Balaban J connectivity index is 1.91. The van der Waals surface area contributed by atoms with Gasteiger partial charge in [-0.15, -0.1) is 0 Å². The number of carbonyl (C=O) groups is 3. The molecule has 1 aromatic rings. The van der Waals surface area contributed by atoms with E-state index in [-0.39, 0.29) is 29.7 Å². The molecule has 3 amide bonds. The van der Waals surface area contributed by atoms with Gasteiger partial charge in [-0.3, -0.25) is 4.79 Å². The molecule has 4 N–H and O–H groups in total. The van der Waals surface area contributed by atoms with Crippen molar-refractivity contribution in [3.63, 3.8) is 0 Å². The Morgan fingerprint density at radius 1 is 1.43 bits per heavy atom. The van der Waals surface area contributed by atoms with Crippen LogP contribution in [-0.2, 0) is 4.79 Å². The van der Waals surface area contributed by atoms with E-state index in [1.807, 2.05) is 0 Å². The Hall–Kier alpha value is -2.64. The van der Waals surface area contributed by atoms with Gasteiger partial charge in [0.1, 0.15) is 5.82 Å². The maximum atomic E-state index is 13.5. The first-order chi connectivity index (χ1) is 9.95. The summed E-state index contributed by atoms with van der Waals surface area (Å²) in [4.78, 5) is 33.4. The Bertz CT molecular complexity index is 591. The number of carbonyl (C=O) groups excluding carboxylic acids is 2. The van der Waals surface area contributed by atoms with E-state index in [0.29, 0.717) is 12.8 Å². The molecule has 1 aromatic carbocycles. The lowest BCUT2D eigenvalue weighted by Gasteiger charge is -2.12. The van der Waals surface area contributed by atoms with Gasteiger partial charge >= 0.3 is 12.0 Å². The number of benzene rings is 1. The number of hydrogen-bond acceptors (Lipinski definition) is 3. The van der Waals surface area contributed by atoms with E-state index in [4.69, 9.17) is 5.11 Å². The number of carboxylic acids is 1. The van der Waals surface area contributed by atoms with Crippen LogP contribution in [0.15, 0.2) is 18.2 Å². The standard InChI is InChI=1S/C13H14FN3O4/c14-9-3-1-7(12(19)20)5-10(9)17-13(21)15-6-8-2-4-11(18)16-8/h1,3,5,8H,2,4,6H2,(H,16,18)(H,19,20)(H2,15,17,21). The van der Waals surface area contributed by atoms with E-state index in [0.717, 1.165) is 18.2 Å². The maximum Gasteiger partial charge on any atom is 0.335 e. The van der Waals surface area contributed by atoms with Gasteiger partial charge in [0.05, 0.1) is 11.3 Å². The zero-order valence-electron chi connectivity index (χ0n) is 11.0. The zero-order chi connectivity index (χ0) is 15.4. The van der Waals surface area contributed by atoms with Crippen LogP contribution in [0, 0.1) is 5.82 Å². The average Bonchev–Trinajstić information content (AvgIpc) is 2.84. The van der Waals surface area contributed by atoms with Crippen LogP contribution in [0.4, 0.5) is 14.9 Å². The largest absolute Gasteiger partial charge is 0.478 e. The fraction of sp³-hybridized carbons (Fsp3) is 0.308. The predicted octanol–water partition coefficient (Wildman–Crippen LogP) is 0.924. The van der Waals surface area contributed by atoms with Gasteiger partial charge in [0, 0.05) is 19.0 Å². The van der Waals surface area contributed by atoms with Crippen molar-refractivity contribution in [2.24, 2.45) is 0 Å². The van der Waals surface area contributed by atoms with E-state index >= 15 is 0 Å². The molecule has 0 saturated carbocycles. The van der Waals surface area contributed by atoms with Crippen molar-refractivity contribution in [1.82, 2.24) is 10.6 Å². The SMILES string of the molecule is O=C1CCC(CNC(=O)Nc2cc(C(=O)O)ccc2F)N1. The van der Waals surface area contributed by atoms with Gasteiger partial charge < -0.3 is 21.1 Å². The molecule has 0 spiro atoms. The third-order valence-electron chi connectivity index (χ3n) is 3.06. The van der Waals surface area contributed by atoms with E-state index in [9.17, 15) is 18.8 Å². The molecule has 1 heterocycles. The lowest BCUT2D eigenvalue weighted by atomic mass is 10.2. The van der Waals surface area contributed by atoms with E-state index in [1.54, 1.807) is 0 Å². The molecule has 1 aliphatic heterocycles. The van der Waals surface area contributed by atoms with Gasteiger partial charge in [-0.25, -0.2) is 14.0 Å². The highest BCUT2D eigenvalue weighted by Gasteiger charge is 2.21. The molecule has 1 saturated heterocycles. The number of anilines is 1. The van der Waals surface area contributed by atoms with Crippen LogP contribution in [0.2, 0.25) is 0 Å². The third kappa shape index (κ3) is 3.91. The summed E-state index contributed by atoms with van der Waals surface area (Å²) in [5.41, 5.74) is -0.349. The van der Waals surface area contributed by atoms with Crippen molar-refractivity contribution in [2.45, 2.75) is 18.9 Å². The highest BCUT2D eigenvalue weighted by Crippen LogP contribution is 2.16. The number of amides is 3. The van der Waals surface area contributed by atoms with Crippen LogP contribution in [-0.4, -0.2) is 35.6 Å². The lowest BCUT2D eigenvalue weighted by Crippen LogP contribution is -2.40. The van der Waals surface area contributed by atoms with Gasteiger partial charge in [0.25, 0.3) is 0 Å².